The summed E-state index contributed by atoms with van der Waals surface area (Å²) in [7, 11) is 0. The molecule has 0 bridgehead atoms. The quantitative estimate of drug-likeness (QED) is 0.842. The van der Waals surface area contributed by atoms with E-state index in [0.717, 1.165) is 11.3 Å². The summed E-state index contributed by atoms with van der Waals surface area (Å²) in [6.07, 6.45) is 0.722. The van der Waals surface area contributed by atoms with E-state index in [4.69, 9.17) is 4.74 Å². The molecular formula is C12H15N3O2. The minimum Gasteiger partial charge on any atom is -0.491 e. The third kappa shape index (κ3) is 2.82. The summed E-state index contributed by atoms with van der Waals surface area (Å²) in [4.78, 5) is 3.92. The van der Waals surface area contributed by atoms with E-state index >= 15 is 0 Å². The van der Waals surface area contributed by atoms with Crippen LogP contribution >= 0.6 is 0 Å². The number of aromatic amines is 1. The summed E-state index contributed by atoms with van der Waals surface area (Å²) < 4.78 is 5.52. The van der Waals surface area contributed by atoms with Crippen molar-refractivity contribution in [2.75, 3.05) is 0 Å². The third-order valence-electron chi connectivity index (χ3n) is 2.26. The molecule has 0 aliphatic carbocycles. The van der Waals surface area contributed by atoms with Crippen LogP contribution in [0.3, 0.4) is 0 Å². The Kier molecular flexibility index (Phi) is 3.39. The highest BCUT2D eigenvalue weighted by molar-refractivity contribution is 5.30. The normalized spacial score (nSPS) is 12.7. The Hall–Kier alpha value is -1.88. The number of hydrogen-bond acceptors (Lipinski definition) is 4. The molecule has 1 aromatic carbocycles. The zero-order chi connectivity index (χ0) is 12.3. The number of nitrogens with one attached hydrogen (secondary N) is 1. The predicted octanol–water partition coefficient (Wildman–Crippen LogP) is 1.67. The predicted molar refractivity (Wildman–Crippen MR) is 62.7 cm³/mol. The lowest BCUT2D eigenvalue weighted by molar-refractivity contribution is 0.209. The van der Waals surface area contributed by atoms with Crippen LogP contribution < -0.4 is 4.74 Å². The number of hydrogen-bond donors (Lipinski definition) is 2. The Labute approximate surface area is 99.5 Å². The third-order valence-corrected chi connectivity index (χ3v) is 2.26. The van der Waals surface area contributed by atoms with Crippen molar-refractivity contribution in [1.82, 2.24) is 15.2 Å². The molecule has 2 aromatic rings. The van der Waals surface area contributed by atoms with Gasteiger partial charge in [0, 0.05) is 0 Å². The fraction of sp³-hybridized carbons (Fsp3) is 0.333. The van der Waals surface area contributed by atoms with Gasteiger partial charge in [-0.05, 0) is 31.5 Å². The number of nitrogens with zero attached hydrogens (tertiary/aromatic N) is 2. The lowest BCUT2D eigenvalue weighted by Crippen LogP contribution is -2.06. The van der Waals surface area contributed by atoms with E-state index < -0.39 is 6.10 Å². The Balaban J connectivity index is 2.12. The largest absolute Gasteiger partial charge is 0.491 e. The van der Waals surface area contributed by atoms with E-state index in [-0.39, 0.29) is 6.10 Å². The van der Waals surface area contributed by atoms with Crippen molar-refractivity contribution >= 4 is 0 Å². The van der Waals surface area contributed by atoms with Gasteiger partial charge in [0.25, 0.3) is 0 Å². The highest BCUT2D eigenvalue weighted by Gasteiger charge is 2.13. The van der Waals surface area contributed by atoms with Crippen LogP contribution in [0.4, 0.5) is 0 Å². The van der Waals surface area contributed by atoms with Crippen LogP contribution in [0, 0.1) is 0 Å². The van der Waals surface area contributed by atoms with Gasteiger partial charge in [-0.1, -0.05) is 12.1 Å². The van der Waals surface area contributed by atoms with Crippen LogP contribution in [-0.2, 0) is 0 Å². The van der Waals surface area contributed by atoms with E-state index in [1.54, 1.807) is 0 Å². The Morgan fingerprint density at radius 1 is 1.24 bits per heavy atom. The number of ether oxygens (including phenoxy) is 1. The minimum absolute atomic E-state index is 0.139. The number of aromatic nitrogens is 3. The molecule has 1 atom stereocenters. The first-order valence-corrected chi connectivity index (χ1v) is 5.47. The number of rotatable bonds is 4. The van der Waals surface area contributed by atoms with Crippen molar-refractivity contribution in [2.24, 2.45) is 0 Å². The van der Waals surface area contributed by atoms with Crippen LogP contribution in [0.2, 0.25) is 0 Å². The smallest absolute Gasteiger partial charge is 0.157 e. The average Bonchev–Trinajstić information content (AvgIpc) is 2.82. The molecule has 1 unspecified atom stereocenters. The second-order valence-electron chi connectivity index (χ2n) is 4.01. The summed E-state index contributed by atoms with van der Waals surface area (Å²) in [6, 6.07) is 7.28. The van der Waals surface area contributed by atoms with Gasteiger partial charge in [-0.25, -0.2) is 4.98 Å². The van der Waals surface area contributed by atoms with Crippen molar-refractivity contribution in [3.63, 3.8) is 0 Å². The maximum atomic E-state index is 9.98. The molecule has 0 spiro atoms. The molecule has 17 heavy (non-hydrogen) atoms. The van der Waals surface area contributed by atoms with E-state index in [1.165, 1.54) is 6.33 Å². The van der Waals surface area contributed by atoms with Gasteiger partial charge in [-0.2, -0.15) is 5.10 Å². The fourth-order valence-corrected chi connectivity index (χ4v) is 1.51. The summed E-state index contributed by atoms with van der Waals surface area (Å²) >= 11 is 0. The van der Waals surface area contributed by atoms with Crippen LogP contribution in [0.25, 0.3) is 0 Å². The Morgan fingerprint density at radius 3 is 2.47 bits per heavy atom. The van der Waals surface area contributed by atoms with Gasteiger partial charge in [-0.15, -0.1) is 0 Å². The molecule has 0 fully saturated rings. The van der Waals surface area contributed by atoms with Gasteiger partial charge < -0.3 is 9.84 Å². The number of benzene rings is 1. The first-order chi connectivity index (χ1) is 8.16. The molecule has 2 N–H and O–H groups in total. The monoisotopic (exact) mass is 233 g/mol. The molecule has 0 amide bonds. The lowest BCUT2D eigenvalue weighted by atomic mass is 10.1. The van der Waals surface area contributed by atoms with Crippen LogP contribution in [0.1, 0.15) is 31.3 Å². The van der Waals surface area contributed by atoms with Crippen LogP contribution in [0.15, 0.2) is 30.6 Å². The average molecular weight is 233 g/mol. The van der Waals surface area contributed by atoms with E-state index in [2.05, 4.69) is 15.2 Å². The van der Waals surface area contributed by atoms with Crippen LogP contribution in [0.5, 0.6) is 5.75 Å². The Bertz CT molecular complexity index is 451. The first-order valence-electron chi connectivity index (χ1n) is 5.47. The van der Waals surface area contributed by atoms with Gasteiger partial charge in [0.1, 0.15) is 18.2 Å². The number of aliphatic hydroxyl groups is 1. The molecule has 0 saturated heterocycles. The van der Waals surface area contributed by atoms with Crippen molar-refractivity contribution in [3.8, 4) is 5.75 Å². The SMILES string of the molecule is CC(C)Oc1ccc(C(O)c2ncn[nH]2)cc1. The molecule has 0 saturated carbocycles. The minimum atomic E-state index is -0.786. The molecule has 0 radical (unpaired) electrons. The Morgan fingerprint density at radius 2 is 1.94 bits per heavy atom. The molecule has 90 valence electrons. The summed E-state index contributed by atoms with van der Waals surface area (Å²) in [5.41, 5.74) is 0.748. The molecule has 1 heterocycles. The molecule has 5 nitrogen and oxygen atoms in total. The van der Waals surface area contributed by atoms with Gasteiger partial charge in [0.05, 0.1) is 6.10 Å². The molecule has 5 heteroatoms. The van der Waals surface area contributed by atoms with Gasteiger partial charge in [0.2, 0.25) is 0 Å². The molecule has 0 aliphatic heterocycles. The summed E-state index contributed by atoms with van der Waals surface area (Å²) in [5.74, 6) is 1.22. The van der Waals surface area contributed by atoms with Crippen LogP contribution in [-0.4, -0.2) is 26.4 Å². The maximum Gasteiger partial charge on any atom is 0.157 e. The van der Waals surface area contributed by atoms with E-state index in [1.807, 2.05) is 38.1 Å². The van der Waals surface area contributed by atoms with E-state index in [9.17, 15) is 5.11 Å². The molecule has 2 rings (SSSR count). The van der Waals surface area contributed by atoms with Crippen molar-refractivity contribution in [1.29, 1.82) is 0 Å². The zero-order valence-electron chi connectivity index (χ0n) is 9.79. The standard InChI is InChI=1S/C12H15N3O2/c1-8(2)17-10-5-3-9(4-6-10)11(16)12-13-7-14-15-12/h3-8,11,16H,1-2H3,(H,13,14,15). The molecular weight excluding hydrogens is 218 g/mol. The van der Waals surface area contributed by atoms with Crippen molar-refractivity contribution < 1.29 is 9.84 Å². The lowest BCUT2D eigenvalue weighted by Gasteiger charge is -2.11. The second kappa shape index (κ2) is 4.97. The van der Waals surface area contributed by atoms with Crippen molar-refractivity contribution in [2.45, 2.75) is 26.1 Å². The zero-order valence-corrected chi connectivity index (χ0v) is 9.79. The fourth-order valence-electron chi connectivity index (χ4n) is 1.51. The van der Waals surface area contributed by atoms with Crippen molar-refractivity contribution in [3.05, 3.63) is 42.0 Å². The number of H-pyrrole nitrogens is 1. The molecule has 0 aliphatic rings. The maximum absolute atomic E-state index is 9.98. The highest BCUT2D eigenvalue weighted by Crippen LogP contribution is 2.21. The van der Waals surface area contributed by atoms with Gasteiger partial charge in [0.15, 0.2) is 5.82 Å². The summed E-state index contributed by atoms with van der Waals surface area (Å²) in [5, 5.41) is 16.3. The second-order valence-corrected chi connectivity index (χ2v) is 4.01. The first kappa shape index (κ1) is 11.6. The number of aliphatic hydroxyl groups excluding tert-OH is 1. The highest BCUT2D eigenvalue weighted by atomic mass is 16.5. The van der Waals surface area contributed by atoms with Gasteiger partial charge in [-0.3, -0.25) is 5.10 Å². The molecule has 1 aromatic heterocycles. The topological polar surface area (TPSA) is 71.0 Å². The van der Waals surface area contributed by atoms with Gasteiger partial charge >= 0.3 is 0 Å². The summed E-state index contributed by atoms with van der Waals surface area (Å²) in [6.45, 7) is 3.94. The van der Waals surface area contributed by atoms with E-state index in [0.29, 0.717) is 5.82 Å².